The fourth-order valence-corrected chi connectivity index (χ4v) is 1.78. The predicted molar refractivity (Wildman–Crippen MR) is 76.7 cm³/mol. The Morgan fingerprint density at radius 3 is 3.00 bits per heavy atom. The van der Waals surface area contributed by atoms with Crippen molar-refractivity contribution in [2.45, 2.75) is 13.5 Å². The molecule has 0 bridgehead atoms. The molecule has 0 radical (unpaired) electrons. The number of aromatic nitrogens is 3. The summed E-state index contributed by atoms with van der Waals surface area (Å²) in [6.07, 6.45) is 1.55. The number of esters is 1. The van der Waals surface area contributed by atoms with E-state index in [1.54, 1.807) is 29.0 Å². The number of aryl methyl sites for hydroxylation is 1. The van der Waals surface area contributed by atoms with Gasteiger partial charge in [-0.1, -0.05) is 11.3 Å². The first-order valence-corrected chi connectivity index (χ1v) is 6.53. The van der Waals surface area contributed by atoms with Gasteiger partial charge in [-0.15, -0.1) is 11.7 Å². The highest BCUT2D eigenvalue weighted by Crippen LogP contribution is 2.14. The van der Waals surface area contributed by atoms with Gasteiger partial charge < -0.3 is 10.1 Å². The van der Waals surface area contributed by atoms with Crippen LogP contribution in [0.2, 0.25) is 0 Å². The lowest BCUT2D eigenvalue weighted by Crippen LogP contribution is -2.28. The third kappa shape index (κ3) is 3.44. The van der Waals surface area contributed by atoms with Crippen LogP contribution in [0.5, 0.6) is 0 Å². The first-order chi connectivity index (χ1) is 10.2. The molecule has 1 N–H and O–H groups in total. The molecule has 0 fully saturated rings. The van der Waals surface area contributed by atoms with E-state index in [9.17, 15) is 9.59 Å². The van der Waals surface area contributed by atoms with Gasteiger partial charge in [0.1, 0.15) is 5.52 Å². The molecule has 1 aromatic heterocycles. The van der Waals surface area contributed by atoms with Gasteiger partial charge in [0.2, 0.25) is 0 Å². The number of nitrogens with one attached hydrogen (secondary N) is 1. The van der Waals surface area contributed by atoms with Crippen molar-refractivity contribution in [3.8, 4) is 0 Å². The van der Waals surface area contributed by atoms with Crippen LogP contribution in [0.25, 0.3) is 11.0 Å². The van der Waals surface area contributed by atoms with Gasteiger partial charge in [-0.05, 0) is 25.1 Å². The van der Waals surface area contributed by atoms with E-state index in [0.717, 1.165) is 5.52 Å². The summed E-state index contributed by atoms with van der Waals surface area (Å²) in [5, 5.41) is 10.5. The monoisotopic (exact) mass is 288 g/mol. The largest absolute Gasteiger partial charge is 0.452 e. The minimum atomic E-state index is -0.572. The molecule has 7 heteroatoms. The third-order valence-electron chi connectivity index (χ3n) is 2.83. The smallest absolute Gasteiger partial charge is 0.338 e. The highest BCUT2D eigenvalue weighted by Gasteiger charge is 2.12. The quantitative estimate of drug-likeness (QED) is 0.630. The van der Waals surface area contributed by atoms with Crippen molar-refractivity contribution in [3.63, 3.8) is 0 Å². The second-order valence-electron chi connectivity index (χ2n) is 4.28. The van der Waals surface area contributed by atoms with Crippen molar-refractivity contribution < 1.29 is 14.3 Å². The van der Waals surface area contributed by atoms with Crippen molar-refractivity contribution in [1.29, 1.82) is 0 Å². The van der Waals surface area contributed by atoms with E-state index in [1.165, 1.54) is 0 Å². The van der Waals surface area contributed by atoms with E-state index >= 15 is 0 Å². The summed E-state index contributed by atoms with van der Waals surface area (Å²) < 4.78 is 6.66. The van der Waals surface area contributed by atoms with E-state index in [4.69, 9.17) is 4.74 Å². The van der Waals surface area contributed by atoms with Gasteiger partial charge in [-0.2, -0.15) is 0 Å². The molecule has 1 heterocycles. The summed E-state index contributed by atoms with van der Waals surface area (Å²) in [7, 11) is 0. The van der Waals surface area contributed by atoms with Crippen LogP contribution in [0.4, 0.5) is 0 Å². The maximum Gasteiger partial charge on any atom is 0.338 e. The lowest BCUT2D eigenvalue weighted by atomic mass is 10.2. The Morgan fingerprint density at radius 2 is 2.29 bits per heavy atom. The van der Waals surface area contributed by atoms with Gasteiger partial charge in [0.25, 0.3) is 5.91 Å². The average molecular weight is 288 g/mol. The number of rotatable bonds is 6. The van der Waals surface area contributed by atoms with Gasteiger partial charge in [-0.25, -0.2) is 9.48 Å². The first-order valence-electron chi connectivity index (χ1n) is 6.53. The van der Waals surface area contributed by atoms with Crippen molar-refractivity contribution in [3.05, 3.63) is 36.4 Å². The zero-order chi connectivity index (χ0) is 15.2. The van der Waals surface area contributed by atoms with Crippen LogP contribution in [-0.4, -0.2) is 40.0 Å². The molecule has 2 aromatic rings. The van der Waals surface area contributed by atoms with E-state index in [2.05, 4.69) is 22.2 Å². The molecule has 0 aliphatic rings. The summed E-state index contributed by atoms with van der Waals surface area (Å²) in [4.78, 5) is 23.2. The van der Waals surface area contributed by atoms with Crippen molar-refractivity contribution in [2.24, 2.45) is 0 Å². The molecular weight excluding hydrogens is 272 g/mol. The Balaban J connectivity index is 2.02. The van der Waals surface area contributed by atoms with Gasteiger partial charge in [-0.3, -0.25) is 4.79 Å². The molecule has 0 saturated heterocycles. The highest BCUT2D eigenvalue weighted by atomic mass is 16.5. The minimum absolute atomic E-state index is 0.327. The van der Waals surface area contributed by atoms with Crippen molar-refractivity contribution in [1.82, 2.24) is 20.3 Å². The van der Waals surface area contributed by atoms with Crippen LogP contribution in [-0.2, 0) is 16.1 Å². The first kappa shape index (κ1) is 14.7. The number of amides is 1. The predicted octanol–water partition coefficient (Wildman–Crippen LogP) is 0.910. The molecule has 0 spiro atoms. The summed E-state index contributed by atoms with van der Waals surface area (Å²) in [5.41, 5.74) is 1.79. The molecule has 2 rings (SSSR count). The standard InChI is InChI=1S/C14H16N4O3/c1-3-7-15-13(19)9-21-14(20)10-5-6-12-11(8-10)16-17-18(12)4-2/h3,5-6,8H,1,4,7,9H2,2H3,(H,15,19). The molecule has 0 saturated carbocycles. The topological polar surface area (TPSA) is 86.1 Å². The zero-order valence-corrected chi connectivity index (χ0v) is 11.7. The average Bonchev–Trinajstić information content (AvgIpc) is 2.92. The number of hydrogen-bond acceptors (Lipinski definition) is 5. The van der Waals surface area contributed by atoms with Crippen LogP contribution >= 0.6 is 0 Å². The van der Waals surface area contributed by atoms with Gasteiger partial charge in [0.05, 0.1) is 11.1 Å². The Morgan fingerprint density at radius 1 is 1.48 bits per heavy atom. The zero-order valence-electron chi connectivity index (χ0n) is 11.7. The highest BCUT2D eigenvalue weighted by molar-refractivity contribution is 5.94. The van der Waals surface area contributed by atoms with Crippen molar-refractivity contribution >= 4 is 22.9 Å². The van der Waals surface area contributed by atoms with Crippen LogP contribution in [0.1, 0.15) is 17.3 Å². The Bertz CT molecular complexity index is 678. The molecular formula is C14H16N4O3. The maximum atomic E-state index is 11.9. The SMILES string of the molecule is C=CCNC(=O)COC(=O)c1ccc2c(c1)nnn2CC. The Hall–Kier alpha value is -2.70. The Kier molecular flexibility index (Phi) is 4.65. The van der Waals surface area contributed by atoms with Gasteiger partial charge in [0.15, 0.2) is 6.61 Å². The fourth-order valence-electron chi connectivity index (χ4n) is 1.78. The number of nitrogens with zero attached hydrogens (tertiary/aromatic N) is 3. The second-order valence-corrected chi connectivity index (χ2v) is 4.28. The molecule has 0 aliphatic carbocycles. The molecule has 0 atom stereocenters. The summed E-state index contributed by atoms with van der Waals surface area (Å²) in [6.45, 7) is 6.14. The second kappa shape index (κ2) is 6.65. The lowest BCUT2D eigenvalue weighted by Gasteiger charge is -2.05. The van der Waals surface area contributed by atoms with Crippen LogP contribution in [0.3, 0.4) is 0 Å². The lowest BCUT2D eigenvalue weighted by molar-refractivity contribution is -0.124. The van der Waals surface area contributed by atoms with E-state index in [1.807, 2.05) is 6.92 Å². The molecule has 1 amide bonds. The van der Waals surface area contributed by atoms with E-state index < -0.39 is 5.97 Å². The third-order valence-corrected chi connectivity index (χ3v) is 2.83. The van der Waals surface area contributed by atoms with Crippen LogP contribution in [0, 0.1) is 0 Å². The normalized spacial score (nSPS) is 10.3. The summed E-state index contributed by atoms with van der Waals surface area (Å²) >= 11 is 0. The number of hydrogen-bond donors (Lipinski definition) is 1. The number of ether oxygens (including phenoxy) is 1. The van der Waals surface area contributed by atoms with Crippen LogP contribution < -0.4 is 5.32 Å². The molecule has 0 unspecified atom stereocenters. The number of fused-ring (bicyclic) bond motifs is 1. The maximum absolute atomic E-state index is 11.9. The van der Waals surface area contributed by atoms with Crippen LogP contribution in [0.15, 0.2) is 30.9 Å². The molecule has 21 heavy (non-hydrogen) atoms. The number of benzene rings is 1. The molecule has 7 nitrogen and oxygen atoms in total. The van der Waals surface area contributed by atoms with Gasteiger partial charge >= 0.3 is 5.97 Å². The molecule has 1 aromatic carbocycles. The summed E-state index contributed by atoms with van der Waals surface area (Å²) in [5.74, 6) is -0.946. The van der Waals surface area contributed by atoms with Gasteiger partial charge in [0, 0.05) is 13.1 Å². The number of carbonyl (C=O) groups is 2. The minimum Gasteiger partial charge on any atom is -0.452 e. The molecule has 0 aliphatic heterocycles. The number of carbonyl (C=O) groups excluding carboxylic acids is 2. The van der Waals surface area contributed by atoms with E-state index in [-0.39, 0.29) is 12.5 Å². The van der Waals surface area contributed by atoms with E-state index in [0.29, 0.717) is 24.2 Å². The van der Waals surface area contributed by atoms with Crippen molar-refractivity contribution in [2.75, 3.05) is 13.2 Å². The Labute approximate surface area is 121 Å². The molecule has 110 valence electrons. The fraction of sp³-hybridized carbons (Fsp3) is 0.286. The summed E-state index contributed by atoms with van der Waals surface area (Å²) in [6, 6.07) is 4.98.